The zero-order valence-corrected chi connectivity index (χ0v) is 84.8. The number of rotatable bonds is 45. The van der Waals surface area contributed by atoms with Gasteiger partial charge in [-0.15, -0.1) is 0 Å². The maximum absolute atomic E-state index is 12.4. The lowest BCUT2D eigenvalue weighted by Crippen LogP contribution is -2.50. The Kier molecular flexibility index (Phi) is 72.0. The van der Waals surface area contributed by atoms with Gasteiger partial charge in [-0.2, -0.15) is 4.31 Å². The van der Waals surface area contributed by atoms with Gasteiger partial charge in [-0.05, 0) is 203 Å². The smallest absolute Gasteiger partial charge is 0.225 e. The van der Waals surface area contributed by atoms with Crippen molar-refractivity contribution in [3.63, 3.8) is 0 Å². The first-order valence-electron chi connectivity index (χ1n) is 48.3. The first-order chi connectivity index (χ1) is 58.0. The Morgan fingerprint density at radius 2 is 0.598 bits per heavy atom. The standard InChI is InChI=1S/C14H28N2O2.C13H28N2O.C12H26N2O2S.C12H26N2O.C11H24N2O.C10H22N2O.C10H21NO4S.C10H21NO2/c1-12(2)14(17)16-9-7-15(8-10-16)6-5-11-18-13(3)4;1-12(2)15-9-7-14(8-10-15)6-5-11-16-13(3)4;1-12(2)16-10-5-11-17(4,15)14-8-6-13(3)7-9-14;1-4-13-7-9-14(10-8-13)6-5-11-15-12(2)3;1-11(2)14-10-4-5-13-8-6-12(3)7-9-13;1-10(2)13-9-3-6-12-7-4-11-5-8-12;1-10(2)15-6-3-9-16(12,13)11-4-7-14-8-5-11;1-10(2)13-7-3-4-11-5-8-12-9-6-11/h12-13H,5-11H2,1-4H3;12-13H,5-11H2,1-4H3;12H,4-11H2,1-3H3;12H,4-11H2,1-3H3;11H,4-10H2,1-3H3;10-11H,3-9H2,1-2H3;10H,3-9H2,1-2H3;10H,3-9H2,1-2H3. The van der Waals surface area contributed by atoms with Gasteiger partial charge in [-0.25, -0.2) is 12.7 Å². The van der Waals surface area contributed by atoms with Crippen LogP contribution in [0.2, 0.25) is 0 Å². The van der Waals surface area contributed by atoms with Crippen molar-refractivity contribution >= 4 is 31.5 Å². The Morgan fingerprint density at radius 3 is 0.918 bits per heavy atom. The maximum Gasteiger partial charge on any atom is 0.225 e. The van der Waals surface area contributed by atoms with Crippen LogP contribution in [0.15, 0.2) is 0 Å². The second kappa shape index (κ2) is 74.1. The Balaban J connectivity index is 0.000000699. The predicted octanol–water partition coefficient (Wildman–Crippen LogP) is 8.90. The quantitative estimate of drug-likeness (QED) is 0.0445. The summed E-state index contributed by atoms with van der Waals surface area (Å²) >= 11 is 0. The topological polar surface area (TPSA) is 215 Å². The third kappa shape index (κ3) is 66.8. The highest BCUT2D eigenvalue weighted by atomic mass is 32.2. The number of carbonyl (C=O) groups is 1. The molecule has 730 valence electrons. The van der Waals surface area contributed by atoms with Crippen molar-refractivity contribution in [1.82, 2.24) is 67.8 Å². The molecule has 122 heavy (non-hydrogen) atoms. The zero-order valence-electron chi connectivity index (χ0n) is 83.1. The number of carbonyl (C=O) groups excluding carboxylic acids is 1. The van der Waals surface area contributed by atoms with Gasteiger partial charge < -0.3 is 91.9 Å². The molecule has 8 fully saturated rings. The van der Waals surface area contributed by atoms with Gasteiger partial charge in [0.15, 0.2) is 0 Å². The molecular weight excluding hydrogens is 1590 g/mol. The summed E-state index contributed by atoms with van der Waals surface area (Å²) in [5.74, 6) is 5.13. The molecule has 8 aliphatic heterocycles. The Bertz CT molecular complexity index is 2550. The summed E-state index contributed by atoms with van der Waals surface area (Å²) in [6.45, 7) is 91.2. The van der Waals surface area contributed by atoms with Crippen LogP contribution in [0.1, 0.15) is 197 Å². The van der Waals surface area contributed by atoms with Gasteiger partial charge in [0, 0.05) is 303 Å². The third-order valence-corrected chi connectivity index (χ3v) is 26.1. The molecule has 1 N–H and O–H groups in total. The fraction of sp³-hybridized carbons (Fsp3) is 0.978. The van der Waals surface area contributed by atoms with E-state index in [9.17, 15) is 17.4 Å². The van der Waals surface area contributed by atoms with Gasteiger partial charge in [0.05, 0.1) is 81.0 Å². The highest BCUT2D eigenvalue weighted by Gasteiger charge is 2.27. The van der Waals surface area contributed by atoms with E-state index < -0.39 is 19.7 Å². The van der Waals surface area contributed by atoms with Crippen LogP contribution in [0.5, 0.6) is 0 Å². The molecule has 1 atom stereocenters. The fourth-order valence-electron chi connectivity index (χ4n) is 14.2. The molecule has 8 rings (SSSR count). The van der Waals surface area contributed by atoms with E-state index in [0.29, 0.717) is 94.4 Å². The normalized spacial score (nSPS) is 19.9. The number of likely N-dealkylation sites (N-methyl/N-ethyl adjacent to an activating group) is 3. The van der Waals surface area contributed by atoms with E-state index >= 15 is 0 Å². The van der Waals surface area contributed by atoms with E-state index in [0.717, 1.165) is 170 Å². The molecule has 0 aromatic carbocycles. The average Bonchev–Trinajstić information content (AvgIpc) is 1.63. The minimum Gasteiger partial charge on any atom is -0.379 e. The highest BCUT2D eigenvalue weighted by molar-refractivity contribution is 7.98. The van der Waals surface area contributed by atoms with Gasteiger partial charge in [0.25, 0.3) is 0 Å². The zero-order chi connectivity index (χ0) is 90.9. The third-order valence-electron chi connectivity index (χ3n) is 21.9. The summed E-state index contributed by atoms with van der Waals surface area (Å²) < 4.78 is 94.0. The van der Waals surface area contributed by atoms with Gasteiger partial charge in [0.2, 0.25) is 15.9 Å². The summed E-state index contributed by atoms with van der Waals surface area (Å²) in [5, 5.41) is 3.35. The van der Waals surface area contributed by atoms with E-state index in [4.69, 9.17) is 47.4 Å². The van der Waals surface area contributed by atoms with Crippen LogP contribution in [-0.4, -0.2) is 476 Å². The monoisotopic (exact) mass is 1790 g/mol. The lowest BCUT2D eigenvalue weighted by molar-refractivity contribution is -0.136. The van der Waals surface area contributed by atoms with Crippen LogP contribution in [0, 0.1) is 5.92 Å². The molecule has 0 aromatic rings. The van der Waals surface area contributed by atoms with Crippen molar-refractivity contribution in [2.45, 2.75) is 252 Å². The molecule has 30 heteroatoms. The molecule has 0 bridgehead atoms. The van der Waals surface area contributed by atoms with E-state index in [1.165, 1.54) is 148 Å². The Labute approximate surface area is 751 Å². The van der Waals surface area contributed by atoms with Crippen LogP contribution in [0.3, 0.4) is 0 Å². The molecule has 28 nitrogen and oxygen atoms in total. The highest BCUT2D eigenvalue weighted by Crippen LogP contribution is 2.14. The summed E-state index contributed by atoms with van der Waals surface area (Å²) in [6.07, 6.45) is 10.9. The predicted molar refractivity (Wildman–Crippen MR) is 511 cm³/mol. The van der Waals surface area contributed by atoms with Crippen molar-refractivity contribution in [2.24, 2.45) is 5.92 Å². The Morgan fingerprint density at radius 1 is 0.328 bits per heavy atom. The SMILES string of the molecule is C=S(=O)(CCCOC(C)C)N1CCN(C)CC1.CC(C)OCCCN1CCN(C(=O)C(C)C)CC1.CC(C)OCCCN1CCN(C(C)C)CC1.CC(C)OCCCN1CCN(C)CC1.CC(C)OCCCN1CCNCC1.CC(C)OCCCN1CCOCC1.CC(C)OCCCS(=O)(=O)N1CCOCC1.CCN1CCN(CCCOC(C)C)CC1. The van der Waals surface area contributed by atoms with Crippen LogP contribution < -0.4 is 5.32 Å². The number of nitrogens with zero attached hydrogens (tertiary/aromatic N) is 13. The number of ether oxygens (including phenoxy) is 10. The maximum atomic E-state index is 12.4. The van der Waals surface area contributed by atoms with Gasteiger partial charge in [-0.3, -0.25) is 23.7 Å². The van der Waals surface area contributed by atoms with Crippen LogP contribution in [0.4, 0.5) is 0 Å². The van der Waals surface area contributed by atoms with Gasteiger partial charge in [-0.1, -0.05) is 20.8 Å². The van der Waals surface area contributed by atoms with Crippen molar-refractivity contribution < 1.29 is 64.8 Å². The van der Waals surface area contributed by atoms with Crippen molar-refractivity contribution in [3.8, 4) is 0 Å². The van der Waals surface area contributed by atoms with Crippen LogP contribution >= 0.6 is 0 Å². The molecule has 0 saturated carbocycles. The van der Waals surface area contributed by atoms with Gasteiger partial charge in [0.1, 0.15) is 0 Å². The molecule has 1 unspecified atom stereocenters. The second-order valence-electron chi connectivity index (χ2n) is 36.5. The lowest BCUT2D eigenvalue weighted by atomic mass is 10.1. The number of hydrogen-bond acceptors (Lipinski definition) is 25. The molecule has 0 aromatic heterocycles. The van der Waals surface area contributed by atoms with Crippen molar-refractivity contribution in [1.29, 1.82) is 0 Å². The van der Waals surface area contributed by atoms with Crippen molar-refractivity contribution in [3.05, 3.63) is 0 Å². The van der Waals surface area contributed by atoms with Crippen LogP contribution in [0.25, 0.3) is 0 Å². The number of amides is 1. The number of morpholine rings is 2. The van der Waals surface area contributed by atoms with E-state index in [-0.39, 0.29) is 29.8 Å². The molecule has 1 amide bonds. The van der Waals surface area contributed by atoms with Gasteiger partial charge >= 0.3 is 0 Å². The number of piperazine rings is 6. The summed E-state index contributed by atoms with van der Waals surface area (Å²) in [7, 11) is -0.896. The summed E-state index contributed by atoms with van der Waals surface area (Å²) in [6, 6.07) is 0.700. The summed E-state index contributed by atoms with van der Waals surface area (Å²) in [4.78, 5) is 38.5. The minimum absolute atomic E-state index is 0.121. The van der Waals surface area contributed by atoms with E-state index in [1.54, 1.807) is 0 Å². The first-order valence-corrected chi connectivity index (χ1v) is 51.8. The average molecular weight is 1790 g/mol. The Hall–Kier alpha value is -1.48. The minimum atomic E-state index is -3.11. The van der Waals surface area contributed by atoms with E-state index in [2.05, 4.69) is 178 Å². The fourth-order valence-corrected chi connectivity index (χ4v) is 17.3. The largest absolute Gasteiger partial charge is 0.379 e. The lowest BCUT2D eigenvalue weighted by Gasteiger charge is -2.36. The molecular formula is C92H196N14O14S2. The van der Waals surface area contributed by atoms with Crippen molar-refractivity contribution in [2.75, 3.05) is 334 Å². The number of hydrogen-bond donors (Lipinski definition) is 1. The first kappa shape index (κ1) is 119. The number of nitrogens with one attached hydrogen (secondary N) is 1. The molecule has 8 heterocycles. The van der Waals surface area contributed by atoms with Crippen LogP contribution in [-0.2, 0) is 71.9 Å². The van der Waals surface area contributed by atoms with E-state index in [1.807, 2.05) is 50.7 Å². The molecule has 0 radical (unpaired) electrons. The molecule has 8 saturated heterocycles. The number of sulfonamides is 1. The molecule has 0 spiro atoms. The molecule has 8 aliphatic rings. The molecule has 0 aliphatic carbocycles. The summed E-state index contributed by atoms with van der Waals surface area (Å²) in [5.41, 5.74) is 0. The second-order valence-corrected chi connectivity index (χ2v) is 41.0.